The number of anilines is 2. The SMILES string of the molecule is CNc1ccc(N(Cc2ccccc2)S(=O)c2ccc(C)cc2)c(O)c1. The van der Waals surface area contributed by atoms with Crippen molar-refractivity contribution in [3.63, 3.8) is 0 Å². The summed E-state index contributed by atoms with van der Waals surface area (Å²) < 4.78 is 15.0. The molecular formula is C21H22N2O2S. The van der Waals surface area contributed by atoms with Crippen molar-refractivity contribution >= 4 is 22.4 Å². The van der Waals surface area contributed by atoms with Crippen molar-refractivity contribution in [3.05, 3.63) is 83.9 Å². The smallest absolute Gasteiger partial charge is 0.153 e. The molecule has 134 valence electrons. The molecule has 0 bridgehead atoms. The Morgan fingerprint density at radius 1 is 1.00 bits per heavy atom. The van der Waals surface area contributed by atoms with Crippen molar-refractivity contribution < 1.29 is 9.32 Å². The quantitative estimate of drug-likeness (QED) is 0.677. The maximum Gasteiger partial charge on any atom is 0.153 e. The number of benzene rings is 3. The molecule has 2 N–H and O–H groups in total. The molecule has 4 nitrogen and oxygen atoms in total. The van der Waals surface area contributed by atoms with Gasteiger partial charge in [0.1, 0.15) is 5.75 Å². The van der Waals surface area contributed by atoms with Gasteiger partial charge in [0.15, 0.2) is 11.0 Å². The van der Waals surface area contributed by atoms with Gasteiger partial charge in [-0.2, -0.15) is 0 Å². The molecule has 0 amide bonds. The van der Waals surface area contributed by atoms with E-state index in [9.17, 15) is 9.32 Å². The van der Waals surface area contributed by atoms with Crippen molar-refractivity contribution in [2.45, 2.75) is 18.4 Å². The monoisotopic (exact) mass is 366 g/mol. The first kappa shape index (κ1) is 18.0. The molecule has 5 heteroatoms. The molecule has 0 aliphatic rings. The van der Waals surface area contributed by atoms with Gasteiger partial charge in [0.2, 0.25) is 0 Å². The largest absolute Gasteiger partial charge is 0.506 e. The molecule has 26 heavy (non-hydrogen) atoms. The third-order valence-corrected chi connectivity index (χ3v) is 5.53. The van der Waals surface area contributed by atoms with E-state index in [2.05, 4.69) is 5.32 Å². The molecule has 1 atom stereocenters. The zero-order valence-corrected chi connectivity index (χ0v) is 15.7. The third-order valence-electron chi connectivity index (χ3n) is 4.12. The average molecular weight is 366 g/mol. The lowest BCUT2D eigenvalue weighted by atomic mass is 10.2. The van der Waals surface area contributed by atoms with Crippen molar-refractivity contribution in [3.8, 4) is 5.75 Å². The summed E-state index contributed by atoms with van der Waals surface area (Å²) in [6, 6.07) is 22.7. The molecule has 1 unspecified atom stereocenters. The number of nitrogens with zero attached hydrogens (tertiary/aromatic N) is 1. The number of phenolic OH excluding ortho intramolecular Hbond substituents is 1. The van der Waals surface area contributed by atoms with Gasteiger partial charge in [-0.1, -0.05) is 48.0 Å². The predicted octanol–water partition coefficient (Wildman–Crippen LogP) is 4.47. The molecular weight excluding hydrogens is 344 g/mol. The molecule has 0 aliphatic carbocycles. The van der Waals surface area contributed by atoms with Gasteiger partial charge in [0, 0.05) is 18.8 Å². The van der Waals surface area contributed by atoms with E-state index in [0.717, 1.165) is 16.8 Å². The maximum absolute atomic E-state index is 13.3. The first-order valence-electron chi connectivity index (χ1n) is 8.39. The first-order chi connectivity index (χ1) is 12.6. The van der Waals surface area contributed by atoms with Crippen LogP contribution in [-0.4, -0.2) is 16.4 Å². The molecule has 3 aromatic carbocycles. The lowest BCUT2D eigenvalue weighted by Crippen LogP contribution is -2.25. The first-order valence-corrected chi connectivity index (χ1v) is 9.50. The summed E-state index contributed by atoms with van der Waals surface area (Å²) >= 11 is 0. The van der Waals surface area contributed by atoms with Crippen molar-refractivity contribution in [2.24, 2.45) is 0 Å². The van der Waals surface area contributed by atoms with Crippen LogP contribution in [0.3, 0.4) is 0 Å². The van der Waals surface area contributed by atoms with E-state index in [0.29, 0.717) is 17.1 Å². The minimum atomic E-state index is -1.45. The number of hydrogen-bond donors (Lipinski definition) is 2. The second-order valence-electron chi connectivity index (χ2n) is 6.04. The van der Waals surface area contributed by atoms with E-state index >= 15 is 0 Å². The van der Waals surface area contributed by atoms with Crippen LogP contribution in [0.5, 0.6) is 5.75 Å². The predicted molar refractivity (Wildman–Crippen MR) is 108 cm³/mol. The highest BCUT2D eigenvalue weighted by atomic mass is 32.2. The summed E-state index contributed by atoms with van der Waals surface area (Å²) in [5.41, 5.74) is 3.46. The Hall–Kier alpha value is -2.79. The van der Waals surface area contributed by atoms with E-state index in [4.69, 9.17) is 0 Å². The van der Waals surface area contributed by atoms with Gasteiger partial charge in [0.25, 0.3) is 0 Å². The molecule has 0 aromatic heterocycles. The van der Waals surface area contributed by atoms with E-state index in [1.165, 1.54) is 0 Å². The van der Waals surface area contributed by atoms with E-state index in [1.54, 1.807) is 23.5 Å². The van der Waals surface area contributed by atoms with Crippen molar-refractivity contribution in [2.75, 3.05) is 16.7 Å². The van der Waals surface area contributed by atoms with E-state index in [1.807, 2.05) is 67.6 Å². The van der Waals surface area contributed by atoms with Crippen LogP contribution < -0.4 is 9.62 Å². The summed E-state index contributed by atoms with van der Waals surface area (Å²) in [6.45, 7) is 2.42. The van der Waals surface area contributed by atoms with E-state index in [-0.39, 0.29) is 5.75 Å². The van der Waals surface area contributed by atoms with Crippen LogP contribution in [0.1, 0.15) is 11.1 Å². The van der Waals surface area contributed by atoms with Crippen LogP contribution in [0, 0.1) is 6.92 Å². The summed E-state index contributed by atoms with van der Waals surface area (Å²) in [7, 11) is 0.345. The number of nitrogens with one attached hydrogen (secondary N) is 1. The normalized spacial score (nSPS) is 11.8. The summed E-state index contributed by atoms with van der Waals surface area (Å²) in [6.07, 6.45) is 0. The minimum Gasteiger partial charge on any atom is -0.506 e. The molecule has 0 saturated heterocycles. The van der Waals surface area contributed by atoms with Gasteiger partial charge in [0.05, 0.1) is 17.1 Å². The van der Waals surface area contributed by atoms with Gasteiger partial charge in [-0.25, -0.2) is 4.21 Å². The standard InChI is InChI=1S/C21H22N2O2S/c1-16-8-11-19(12-9-16)26(25)23(15-17-6-4-3-5-7-17)20-13-10-18(22-2)14-21(20)24/h3-14,22,24H,15H2,1-2H3. The second-order valence-corrected chi connectivity index (χ2v) is 7.45. The second kappa shape index (κ2) is 8.06. The Balaban J connectivity index is 2.01. The van der Waals surface area contributed by atoms with Crippen LogP contribution in [0.4, 0.5) is 11.4 Å². The van der Waals surface area contributed by atoms with Crippen LogP contribution in [0.25, 0.3) is 0 Å². The summed E-state index contributed by atoms with van der Waals surface area (Å²) in [5.74, 6) is 0.0910. The number of hydrogen-bond acceptors (Lipinski definition) is 3. The molecule has 0 radical (unpaired) electrons. The summed E-state index contributed by atoms with van der Waals surface area (Å²) in [4.78, 5) is 0.698. The molecule has 0 fully saturated rings. The molecule has 0 saturated carbocycles. The van der Waals surface area contributed by atoms with Crippen molar-refractivity contribution in [1.82, 2.24) is 0 Å². The Labute approximate surface area is 156 Å². The highest BCUT2D eigenvalue weighted by Gasteiger charge is 2.20. The molecule has 0 aliphatic heterocycles. The highest BCUT2D eigenvalue weighted by Crippen LogP contribution is 2.33. The van der Waals surface area contributed by atoms with Crippen LogP contribution in [0.2, 0.25) is 0 Å². The number of aromatic hydroxyl groups is 1. The Morgan fingerprint density at radius 2 is 1.69 bits per heavy atom. The fraction of sp³-hybridized carbons (Fsp3) is 0.143. The Kier molecular flexibility index (Phi) is 5.58. The number of aryl methyl sites for hydroxylation is 1. The van der Waals surface area contributed by atoms with Crippen LogP contribution in [0.15, 0.2) is 77.7 Å². The highest BCUT2D eigenvalue weighted by molar-refractivity contribution is 7.86. The zero-order valence-electron chi connectivity index (χ0n) is 14.8. The summed E-state index contributed by atoms with van der Waals surface area (Å²) in [5, 5.41) is 13.5. The Morgan fingerprint density at radius 3 is 2.31 bits per heavy atom. The topological polar surface area (TPSA) is 52.6 Å². The van der Waals surface area contributed by atoms with Crippen LogP contribution in [-0.2, 0) is 17.5 Å². The lowest BCUT2D eigenvalue weighted by Gasteiger charge is -2.25. The maximum atomic E-state index is 13.3. The van der Waals surface area contributed by atoms with E-state index < -0.39 is 11.0 Å². The van der Waals surface area contributed by atoms with Gasteiger partial charge < -0.3 is 10.4 Å². The number of rotatable bonds is 6. The van der Waals surface area contributed by atoms with Gasteiger partial charge in [-0.3, -0.25) is 4.31 Å². The molecule has 3 rings (SSSR count). The Bertz CT molecular complexity index is 896. The average Bonchev–Trinajstić information content (AvgIpc) is 2.67. The van der Waals surface area contributed by atoms with Crippen LogP contribution >= 0.6 is 0 Å². The molecule has 3 aromatic rings. The van der Waals surface area contributed by atoms with Gasteiger partial charge in [-0.05, 0) is 36.8 Å². The minimum absolute atomic E-state index is 0.0910. The zero-order chi connectivity index (χ0) is 18.5. The molecule has 0 spiro atoms. The number of phenols is 1. The van der Waals surface area contributed by atoms with Gasteiger partial charge in [-0.15, -0.1) is 0 Å². The third kappa shape index (κ3) is 4.06. The fourth-order valence-electron chi connectivity index (χ4n) is 2.65. The fourth-order valence-corrected chi connectivity index (χ4v) is 3.88. The van der Waals surface area contributed by atoms with Crippen molar-refractivity contribution in [1.29, 1.82) is 0 Å². The molecule has 0 heterocycles. The lowest BCUT2D eigenvalue weighted by molar-refractivity contribution is 0.476. The van der Waals surface area contributed by atoms with Gasteiger partial charge >= 0.3 is 0 Å².